The number of benzene rings is 2. The zero-order valence-corrected chi connectivity index (χ0v) is 13.4. The van der Waals surface area contributed by atoms with Gasteiger partial charge in [0.25, 0.3) is 0 Å². The van der Waals surface area contributed by atoms with Gasteiger partial charge in [-0.2, -0.15) is 0 Å². The highest BCUT2D eigenvalue weighted by molar-refractivity contribution is 6.01. The number of nitrogens with one attached hydrogen (secondary N) is 2. The molecule has 2 N–H and O–H groups in total. The predicted molar refractivity (Wildman–Crippen MR) is 92.7 cm³/mol. The third-order valence-corrected chi connectivity index (χ3v) is 5.00. The van der Waals surface area contributed by atoms with E-state index in [1.54, 1.807) is 0 Å². The van der Waals surface area contributed by atoms with Gasteiger partial charge in [0.2, 0.25) is 11.8 Å². The van der Waals surface area contributed by atoms with Crippen molar-refractivity contribution >= 4 is 17.5 Å². The van der Waals surface area contributed by atoms with Gasteiger partial charge in [0.05, 0.1) is 12.0 Å². The van der Waals surface area contributed by atoms with Crippen LogP contribution in [0.4, 0.5) is 5.69 Å². The summed E-state index contributed by atoms with van der Waals surface area (Å²) >= 11 is 0. The lowest BCUT2D eigenvalue weighted by Gasteiger charge is -2.30. The summed E-state index contributed by atoms with van der Waals surface area (Å²) in [5, 5.41) is 6.03. The third-order valence-electron chi connectivity index (χ3n) is 5.00. The first kappa shape index (κ1) is 14.9. The summed E-state index contributed by atoms with van der Waals surface area (Å²) in [6.45, 7) is 0. The molecule has 0 aromatic heterocycles. The molecule has 0 spiro atoms. The van der Waals surface area contributed by atoms with Crippen LogP contribution in [0.2, 0.25) is 0 Å². The van der Waals surface area contributed by atoms with E-state index < -0.39 is 5.92 Å². The molecule has 4 rings (SSSR count). The van der Waals surface area contributed by atoms with Gasteiger partial charge in [-0.1, -0.05) is 42.5 Å². The van der Waals surface area contributed by atoms with Crippen LogP contribution in [0, 0.1) is 0 Å². The topological polar surface area (TPSA) is 58.2 Å². The first-order valence-corrected chi connectivity index (χ1v) is 8.49. The van der Waals surface area contributed by atoms with E-state index >= 15 is 0 Å². The van der Waals surface area contributed by atoms with Gasteiger partial charge in [0.1, 0.15) is 0 Å². The maximum Gasteiger partial charge on any atom is 0.228 e. The van der Waals surface area contributed by atoms with E-state index in [1.165, 1.54) is 11.1 Å². The first-order valence-electron chi connectivity index (χ1n) is 8.49. The van der Waals surface area contributed by atoms with Crippen molar-refractivity contribution in [1.29, 1.82) is 0 Å². The van der Waals surface area contributed by atoms with Crippen molar-refractivity contribution in [2.45, 2.75) is 37.6 Å². The Labute approximate surface area is 141 Å². The molecule has 1 aliphatic heterocycles. The lowest BCUT2D eigenvalue weighted by atomic mass is 9.86. The molecule has 0 saturated heterocycles. The Hall–Kier alpha value is -2.62. The second kappa shape index (κ2) is 6.11. The average Bonchev–Trinajstić information content (AvgIpc) is 2.61. The van der Waals surface area contributed by atoms with Crippen LogP contribution < -0.4 is 10.6 Å². The molecule has 4 heteroatoms. The monoisotopic (exact) mass is 320 g/mol. The van der Waals surface area contributed by atoms with Gasteiger partial charge in [0, 0.05) is 12.1 Å². The van der Waals surface area contributed by atoms with Gasteiger partial charge in [0.15, 0.2) is 0 Å². The van der Waals surface area contributed by atoms with E-state index in [4.69, 9.17) is 0 Å². The number of para-hydroxylation sites is 1. The SMILES string of the molecule is O=C1CC(C(=O)NC2CCCc3ccccc32)c2ccccc2N1. The van der Waals surface area contributed by atoms with Crippen molar-refractivity contribution in [3.8, 4) is 0 Å². The maximum atomic E-state index is 12.9. The second-order valence-corrected chi connectivity index (χ2v) is 6.54. The van der Waals surface area contributed by atoms with E-state index in [2.05, 4.69) is 22.8 Å². The van der Waals surface area contributed by atoms with Crippen LogP contribution in [-0.2, 0) is 16.0 Å². The van der Waals surface area contributed by atoms with Gasteiger partial charge in [-0.3, -0.25) is 9.59 Å². The molecule has 0 saturated carbocycles. The highest BCUT2D eigenvalue weighted by atomic mass is 16.2. The van der Waals surface area contributed by atoms with Gasteiger partial charge < -0.3 is 10.6 Å². The van der Waals surface area contributed by atoms with E-state index in [1.807, 2.05) is 36.4 Å². The van der Waals surface area contributed by atoms with Crippen molar-refractivity contribution in [2.75, 3.05) is 5.32 Å². The van der Waals surface area contributed by atoms with Crippen LogP contribution in [0.15, 0.2) is 48.5 Å². The van der Waals surface area contributed by atoms with Crippen molar-refractivity contribution < 1.29 is 9.59 Å². The molecule has 2 atom stereocenters. The summed E-state index contributed by atoms with van der Waals surface area (Å²) in [5.74, 6) is -0.569. The number of amides is 2. The van der Waals surface area contributed by atoms with E-state index in [0.29, 0.717) is 0 Å². The van der Waals surface area contributed by atoms with Gasteiger partial charge >= 0.3 is 0 Å². The molecule has 2 aromatic carbocycles. The quantitative estimate of drug-likeness (QED) is 0.892. The molecule has 1 heterocycles. The van der Waals surface area contributed by atoms with E-state index in [-0.39, 0.29) is 24.3 Å². The fraction of sp³-hybridized carbons (Fsp3) is 0.300. The van der Waals surface area contributed by atoms with Gasteiger partial charge in [-0.25, -0.2) is 0 Å². The molecule has 0 radical (unpaired) electrons. The van der Waals surface area contributed by atoms with Crippen LogP contribution in [0.1, 0.15) is 47.9 Å². The van der Waals surface area contributed by atoms with Gasteiger partial charge in [-0.15, -0.1) is 0 Å². The number of hydrogen-bond acceptors (Lipinski definition) is 2. The Kier molecular flexibility index (Phi) is 3.81. The third kappa shape index (κ3) is 2.68. The van der Waals surface area contributed by atoms with Crippen molar-refractivity contribution in [3.05, 3.63) is 65.2 Å². The van der Waals surface area contributed by atoms with Crippen LogP contribution >= 0.6 is 0 Å². The zero-order chi connectivity index (χ0) is 16.5. The molecule has 2 unspecified atom stereocenters. The molecular weight excluding hydrogens is 300 g/mol. The fourth-order valence-electron chi connectivity index (χ4n) is 3.82. The minimum absolute atomic E-state index is 0.0413. The molecule has 4 nitrogen and oxygen atoms in total. The molecule has 0 fully saturated rings. The number of hydrogen-bond donors (Lipinski definition) is 2. The molecular formula is C20H20N2O2. The van der Waals surface area contributed by atoms with Crippen LogP contribution in [0.5, 0.6) is 0 Å². The van der Waals surface area contributed by atoms with Crippen LogP contribution in [-0.4, -0.2) is 11.8 Å². The molecule has 2 aromatic rings. The van der Waals surface area contributed by atoms with Crippen molar-refractivity contribution in [3.63, 3.8) is 0 Å². The Bertz CT molecular complexity index is 800. The smallest absolute Gasteiger partial charge is 0.228 e. The fourth-order valence-corrected chi connectivity index (χ4v) is 3.82. The van der Waals surface area contributed by atoms with E-state index in [9.17, 15) is 9.59 Å². The molecule has 0 bridgehead atoms. The summed E-state index contributed by atoms with van der Waals surface area (Å²) in [7, 11) is 0. The Morgan fingerprint density at radius 3 is 2.67 bits per heavy atom. The number of aryl methyl sites for hydroxylation is 1. The highest BCUT2D eigenvalue weighted by Crippen LogP contribution is 2.34. The minimum atomic E-state index is -0.413. The normalized spacial score (nSPS) is 22.1. The summed E-state index contributed by atoms with van der Waals surface area (Å²) in [4.78, 5) is 24.8. The standard InChI is InChI=1S/C20H20N2O2/c23-19-12-16(15-9-3-4-10-18(15)21-19)20(24)22-17-11-5-7-13-6-1-2-8-14(13)17/h1-4,6,8-10,16-17H,5,7,11-12H2,(H,21,23)(H,22,24). The Morgan fingerprint density at radius 1 is 1.04 bits per heavy atom. The molecule has 2 amide bonds. The summed E-state index contributed by atoms with van der Waals surface area (Å²) in [6, 6.07) is 15.9. The lowest BCUT2D eigenvalue weighted by Crippen LogP contribution is -2.38. The number of anilines is 1. The summed E-state index contributed by atoms with van der Waals surface area (Å²) < 4.78 is 0. The number of carbonyl (C=O) groups is 2. The number of carbonyl (C=O) groups excluding carboxylic acids is 2. The van der Waals surface area contributed by atoms with E-state index in [0.717, 1.165) is 30.5 Å². The maximum absolute atomic E-state index is 12.9. The Balaban J connectivity index is 1.59. The molecule has 2 aliphatic rings. The molecule has 24 heavy (non-hydrogen) atoms. The molecule has 122 valence electrons. The zero-order valence-electron chi connectivity index (χ0n) is 13.4. The first-order chi connectivity index (χ1) is 11.7. The number of fused-ring (bicyclic) bond motifs is 2. The van der Waals surface area contributed by atoms with Crippen molar-refractivity contribution in [1.82, 2.24) is 5.32 Å². The summed E-state index contributed by atoms with van der Waals surface area (Å²) in [5.41, 5.74) is 4.18. The average molecular weight is 320 g/mol. The second-order valence-electron chi connectivity index (χ2n) is 6.54. The lowest BCUT2D eigenvalue weighted by molar-refractivity contribution is -0.127. The van der Waals surface area contributed by atoms with Crippen molar-refractivity contribution in [2.24, 2.45) is 0 Å². The highest BCUT2D eigenvalue weighted by Gasteiger charge is 2.32. The number of rotatable bonds is 2. The summed E-state index contributed by atoms with van der Waals surface area (Å²) in [6.07, 6.45) is 3.29. The largest absolute Gasteiger partial charge is 0.349 e. The minimum Gasteiger partial charge on any atom is -0.349 e. The Morgan fingerprint density at radius 2 is 1.79 bits per heavy atom. The van der Waals surface area contributed by atoms with Crippen LogP contribution in [0.25, 0.3) is 0 Å². The van der Waals surface area contributed by atoms with Gasteiger partial charge in [-0.05, 0) is 42.0 Å². The molecule has 1 aliphatic carbocycles. The predicted octanol–water partition coefficient (Wildman–Crippen LogP) is 3.31. The van der Waals surface area contributed by atoms with Crippen LogP contribution in [0.3, 0.4) is 0 Å².